The molecule has 6 atom stereocenters. The maximum atomic E-state index is 12.9. The molecule has 0 bridgehead atoms. The van der Waals surface area contributed by atoms with Crippen LogP contribution in [0.2, 0.25) is 0 Å². The van der Waals surface area contributed by atoms with Crippen LogP contribution >= 0.6 is 0 Å². The number of ether oxygens (including phenoxy) is 4. The molecule has 0 aromatic rings. The van der Waals surface area contributed by atoms with E-state index in [1.54, 1.807) is 0 Å². The molecular formula is C59H102O12S. The van der Waals surface area contributed by atoms with Crippen LogP contribution in [-0.4, -0.2) is 97.5 Å². The van der Waals surface area contributed by atoms with Crippen LogP contribution in [-0.2, 0) is 38.3 Å². The van der Waals surface area contributed by atoms with Crippen molar-refractivity contribution in [1.82, 2.24) is 0 Å². The lowest BCUT2D eigenvalue weighted by molar-refractivity contribution is -0.301. The molecular weight excluding hydrogens is 933 g/mol. The van der Waals surface area contributed by atoms with Gasteiger partial charge in [0.1, 0.15) is 30.5 Å². The van der Waals surface area contributed by atoms with Crippen LogP contribution in [0.3, 0.4) is 0 Å². The highest BCUT2D eigenvalue weighted by Crippen LogP contribution is 2.26. The summed E-state index contributed by atoms with van der Waals surface area (Å²) < 4.78 is 59.4. The molecule has 0 amide bonds. The summed E-state index contributed by atoms with van der Waals surface area (Å²) in [4.78, 5) is 12.9. The highest BCUT2D eigenvalue weighted by molar-refractivity contribution is 7.80. The lowest BCUT2D eigenvalue weighted by atomic mass is 9.99. The first-order valence-electron chi connectivity index (χ1n) is 28.3. The molecule has 0 spiro atoms. The monoisotopic (exact) mass is 1030 g/mol. The number of aliphatic hydroxyl groups is 3. The van der Waals surface area contributed by atoms with Gasteiger partial charge in [-0.05, 0) is 89.9 Å². The Hall–Kier alpha value is -2.72. The van der Waals surface area contributed by atoms with E-state index in [0.717, 1.165) is 83.5 Å². The molecule has 1 rings (SSSR count). The van der Waals surface area contributed by atoms with Crippen LogP contribution < -0.4 is 0 Å². The average molecular weight is 1040 g/mol. The largest absolute Gasteiger partial charge is 0.457 e. The van der Waals surface area contributed by atoms with Gasteiger partial charge in [0, 0.05) is 13.0 Å². The summed E-state index contributed by atoms with van der Waals surface area (Å²) >= 11 is 0. The molecule has 1 heterocycles. The first-order valence-corrected chi connectivity index (χ1v) is 29.7. The lowest BCUT2D eigenvalue weighted by Gasteiger charge is -2.41. The molecule has 416 valence electrons. The van der Waals surface area contributed by atoms with Crippen molar-refractivity contribution in [3.05, 3.63) is 85.1 Å². The SMILES string of the molecule is CC/C=C\C/C=C\C/C=C\C/C=C\C/C=C\C/C=C\CCCCCCC(=O)OC(COCCCCCCCCCCCC/C=C\CCCCCCCCCC)COC1OC(CO)C(O)C(OS(=O)(=O)O)C1O. The van der Waals surface area contributed by atoms with Gasteiger partial charge in [-0.15, -0.1) is 0 Å². The maximum Gasteiger partial charge on any atom is 0.397 e. The zero-order valence-electron chi connectivity index (χ0n) is 45.0. The first kappa shape index (κ1) is 67.3. The van der Waals surface area contributed by atoms with E-state index in [1.165, 1.54) is 109 Å². The van der Waals surface area contributed by atoms with Crippen molar-refractivity contribution in [3.8, 4) is 0 Å². The number of unbranched alkanes of at least 4 members (excludes halogenated alkanes) is 22. The fourth-order valence-electron chi connectivity index (χ4n) is 8.26. The molecule has 13 heteroatoms. The van der Waals surface area contributed by atoms with Gasteiger partial charge in [0.05, 0.1) is 19.8 Å². The third-order valence-electron chi connectivity index (χ3n) is 12.5. The summed E-state index contributed by atoms with van der Waals surface area (Å²) in [5.74, 6) is -0.424. The van der Waals surface area contributed by atoms with E-state index in [2.05, 4.69) is 103 Å². The average Bonchev–Trinajstić information content (AvgIpc) is 3.36. The Kier molecular flexibility index (Phi) is 46.0. The van der Waals surface area contributed by atoms with Crippen molar-refractivity contribution in [1.29, 1.82) is 0 Å². The molecule has 12 nitrogen and oxygen atoms in total. The molecule has 1 aliphatic rings. The Morgan fingerprint density at radius 2 is 0.958 bits per heavy atom. The molecule has 4 N–H and O–H groups in total. The number of rotatable bonds is 49. The number of hydrogen-bond donors (Lipinski definition) is 4. The molecule has 1 aliphatic heterocycles. The number of aliphatic hydroxyl groups excluding tert-OH is 3. The molecule has 0 aliphatic carbocycles. The molecule has 0 aromatic heterocycles. The van der Waals surface area contributed by atoms with Crippen molar-refractivity contribution in [2.24, 2.45) is 0 Å². The topological polar surface area (TPSA) is 178 Å². The quantitative estimate of drug-likeness (QED) is 0.0196. The van der Waals surface area contributed by atoms with Crippen LogP contribution in [0.4, 0.5) is 0 Å². The van der Waals surface area contributed by atoms with Crippen molar-refractivity contribution in [2.45, 2.75) is 256 Å². The fraction of sp³-hybridized carbons (Fsp3) is 0.746. The highest BCUT2D eigenvalue weighted by atomic mass is 32.3. The van der Waals surface area contributed by atoms with Gasteiger partial charge >= 0.3 is 16.4 Å². The van der Waals surface area contributed by atoms with E-state index in [9.17, 15) is 33.1 Å². The third kappa shape index (κ3) is 41.6. The Morgan fingerprint density at radius 1 is 0.542 bits per heavy atom. The van der Waals surface area contributed by atoms with Crippen LogP contribution in [0.5, 0.6) is 0 Å². The number of carbonyl (C=O) groups excluding carboxylic acids is 1. The van der Waals surface area contributed by atoms with Gasteiger partial charge in [0.2, 0.25) is 0 Å². The second kappa shape index (κ2) is 49.2. The highest BCUT2D eigenvalue weighted by Gasteiger charge is 2.48. The van der Waals surface area contributed by atoms with Crippen LogP contribution in [0.25, 0.3) is 0 Å². The molecule has 72 heavy (non-hydrogen) atoms. The molecule has 6 unspecified atom stereocenters. The van der Waals surface area contributed by atoms with E-state index in [-0.39, 0.29) is 19.6 Å². The minimum absolute atomic E-state index is 0.0204. The smallest absolute Gasteiger partial charge is 0.397 e. The Morgan fingerprint density at radius 3 is 1.42 bits per heavy atom. The Labute approximate surface area is 438 Å². The summed E-state index contributed by atoms with van der Waals surface area (Å²) in [6.07, 6.45) is 57.6. The number of hydrogen-bond acceptors (Lipinski definition) is 11. The van der Waals surface area contributed by atoms with Crippen molar-refractivity contribution in [3.63, 3.8) is 0 Å². The maximum absolute atomic E-state index is 12.9. The predicted molar refractivity (Wildman–Crippen MR) is 294 cm³/mol. The molecule has 0 saturated carbocycles. The zero-order valence-corrected chi connectivity index (χ0v) is 45.8. The van der Waals surface area contributed by atoms with Gasteiger partial charge in [0.25, 0.3) is 0 Å². The standard InChI is InChI=1S/C59H102O12S/c1-3-5-7-9-11-13-15-17-19-21-23-25-27-28-30-32-34-36-38-40-42-44-46-48-55(61)69-53(52-68-59-57(63)58(71-72(64,65)66)56(62)54(50-60)70-59)51-67-49-47-45-43-41-39-37-35-33-31-29-26-24-22-20-18-16-14-12-10-8-6-4-2/h5,7,11,13,17,19,22-25,28,30,34,36,53-54,56-60,62-63H,3-4,6,8-10,12,14-16,18,20-21,26-27,29,31-33,35,37-52H2,1-2H3,(H,64,65,66)/b7-5-,13-11-,19-17-,24-22-,25-23-,30-28-,36-34-. The van der Waals surface area contributed by atoms with Gasteiger partial charge in [-0.2, -0.15) is 8.42 Å². The fourth-order valence-corrected chi connectivity index (χ4v) is 8.77. The number of allylic oxidation sites excluding steroid dienone is 14. The van der Waals surface area contributed by atoms with Gasteiger partial charge < -0.3 is 34.3 Å². The van der Waals surface area contributed by atoms with E-state index < -0.39 is 59.8 Å². The Bertz CT molecular complexity index is 1570. The molecule has 0 aromatic carbocycles. The van der Waals surface area contributed by atoms with E-state index in [4.69, 9.17) is 18.9 Å². The lowest BCUT2D eigenvalue weighted by Crippen LogP contribution is -2.60. The minimum Gasteiger partial charge on any atom is -0.457 e. The van der Waals surface area contributed by atoms with E-state index >= 15 is 0 Å². The molecule has 0 radical (unpaired) electrons. The summed E-state index contributed by atoms with van der Waals surface area (Å²) in [7, 11) is -5.08. The van der Waals surface area contributed by atoms with Gasteiger partial charge in [-0.1, -0.05) is 208 Å². The second-order valence-corrected chi connectivity index (χ2v) is 20.2. The van der Waals surface area contributed by atoms with Gasteiger partial charge in [-0.3, -0.25) is 9.35 Å². The van der Waals surface area contributed by atoms with Crippen LogP contribution in [0, 0.1) is 0 Å². The van der Waals surface area contributed by atoms with Crippen LogP contribution in [0.15, 0.2) is 85.1 Å². The summed E-state index contributed by atoms with van der Waals surface area (Å²) in [5.41, 5.74) is 0. The summed E-state index contributed by atoms with van der Waals surface area (Å²) in [6, 6.07) is 0. The zero-order chi connectivity index (χ0) is 52.4. The van der Waals surface area contributed by atoms with E-state index in [0.29, 0.717) is 13.0 Å². The minimum atomic E-state index is -5.08. The second-order valence-electron chi connectivity index (χ2n) is 19.1. The van der Waals surface area contributed by atoms with Crippen molar-refractivity contribution >= 4 is 16.4 Å². The van der Waals surface area contributed by atoms with E-state index in [1.807, 2.05) is 0 Å². The van der Waals surface area contributed by atoms with Crippen molar-refractivity contribution < 1.29 is 56.2 Å². The van der Waals surface area contributed by atoms with Gasteiger partial charge in [0.15, 0.2) is 6.29 Å². The normalized spacial score (nSPS) is 19.6. The molecule has 1 saturated heterocycles. The van der Waals surface area contributed by atoms with Crippen molar-refractivity contribution in [2.75, 3.05) is 26.4 Å². The van der Waals surface area contributed by atoms with Crippen LogP contribution in [0.1, 0.15) is 219 Å². The van der Waals surface area contributed by atoms with Gasteiger partial charge in [-0.25, -0.2) is 4.18 Å². The third-order valence-corrected chi connectivity index (χ3v) is 13.0. The first-order chi connectivity index (χ1) is 35.1. The summed E-state index contributed by atoms with van der Waals surface area (Å²) in [6.45, 7) is 3.86. The summed E-state index contributed by atoms with van der Waals surface area (Å²) in [5, 5.41) is 30.8. The number of carbonyl (C=O) groups is 1. The Balaban J connectivity index is 2.35. The number of esters is 1. The molecule has 1 fully saturated rings. The predicted octanol–water partition coefficient (Wildman–Crippen LogP) is 14.0.